The number of carbonyl (C=O) groups excluding carboxylic acids is 1. The van der Waals surface area contributed by atoms with Crippen molar-refractivity contribution in [3.05, 3.63) is 28.8 Å². The van der Waals surface area contributed by atoms with Gasteiger partial charge in [-0.2, -0.15) is 11.8 Å². The molecule has 0 amide bonds. The number of carbonyl (C=O) groups is 1. The Labute approximate surface area is 119 Å². The van der Waals surface area contributed by atoms with Crippen LogP contribution in [0.15, 0.2) is 12.1 Å². The van der Waals surface area contributed by atoms with E-state index in [0.29, 0.717) is 16.5 Å². The van der Waals surface area contributed by atoms with E-state index in [2.05, 4.69) is 13.8 Å². The lowest BCUT2D eigenvalue weighted by Gasteiger charge is -2.14. The van der Waals surface area contributed by atoms with Crippen molar-refractivity contribution in [2.24, 2.45) is 0 Å². The standard InChI is InChI=1S/C15H23NO2S/c1-9(2)18-15(17)13-7-6-12(8-19-10(3)4)11(5)14(13)16/h6-7,9-10H,8,16H2,1-5H3. The van der Waals surface area contributed by atoms with Crippen LogP contribution < -0.4 is 5.73 Å². The monoisotopic (exact) mass is 281 g/mol. The Balaban J connectivity index is 2.94. The van der Waals surface area contributed by atoms with Crippen molar-refractivity contribution >= 4 is 23.4 Å². The first-order valence-electron chi connectivity index (χ1n) is 6.53. The zero-order chi connectivity index (χ0) is 14.6. The van der Waals surface area contributed by atoms with E-state index in [9.17, 15) is 4.79 Å². The maximum Gasteiger partial charge on any atom is 0.340 e. The van der Waals surface area contributed by atoms with Gasteiger partial charge in [-0.05, 0) is 43.2 Å². The smallest absolute Gasteiger partial charge is 0.340 e. The van der Waals surface area contributed by atoms with Crippen molar-refractivity contribution in [3.8, 4) is 0 Å². The number of esters is 1. The first-order chi connectivity index (χ1) is 8.82. The van der Waals surface area contributed by atoms with Gasteiger partial charge in [0.15, 0.2) is 0 Å². The normalized spacial score (nSPS) is 11.1. The minimum Gasteiger partial charge on any atom is -0.459 e. The molecule has 0 aliphatic carbocycles. The average molecular weight is 281 g/mol. The van der Waals surface area contributed by atoms with Gasteiger partial charge in [0.1, 0.15) is 0 Å². The van der Waals surface area contributed by atoms with Crippen LogP contribution in [0.4, 0.5) is 5.69 Å². The van der Waals surface area contributed by atoms with Crippen molar-refractivity contribution in [2.75, 3.05) is 5.73 Å². The molecule has 106 valence electrons. The fourth-order valence-electron chi connectivity index (χ4n) is 1.64. The third-order valence-electron chi connectivity index (χ3n) is 2.76. The van der Waals surface area contributed by atoms with E-state index in [4.69, 9.17) is 10.5 Å². The maximum absolute atomic E-state index is 11.9. The Morgan fingerprint density at radius 2 is 1.95 bits per heavy atom. The van der Waals surface area contributed by atoms with Gasteiger partial charge in [-0.3, -0.25) is 0 Å². The van der Waals surface area contributed by atoms with Crippen molar-refractivity contribution < 1.29 is 9.53 Å². The highest BCUT2D eigenvalue weighted by Gasteiger charge is 2.16. The second-order valence-corrected chi connectivity index (χ2v) is 6.69. The van der Waals surface area contributed by atoms with E-state index in [1.165, 1.54) is 5.56 Å². The number of thioether (sulfide) groups is 1. The summed E-state index contributed by atoms with van der Waals surface area (Å²) in [6.07, 6.45) is -0.136. The summed E-state index contributed by atoms with van der Waals surface area (Å²) in [7, 11) is 0. The number of benzene rings is 1. The summed E-state index contributed by atoms with van der Waals surface area (Å²) in [5.41, 5.74) is 9.21. The molecule has 0 heterocycles. The van der Waals surface area contributed by atoms with Gasteiger partial charge >= 0.3 is 5.97 Å². The van der Waals surface area contributed by atoms with Crippen LogP contribution in [-0.2, 0) is 10.5 Å². The molecular weight excluding hydrogens is 258 g/mol. The highest BCUT2D eigenvalue weighted by Crippen LogP contribution is 2.26. The molecule has 1 aromatic carbocycles. The van der Waals surface area contributed by atoms with Gasteiger partial charge in [-0.1, -0.05) is 19.9 Å². The lowest BCUT2D eigenvalue weighted by molar-refractivity contribution is 0.0379. The predicted octanol–water partition coefficient (Wildman–Crippen LogP) is 3.78. The van der Waals surface area contributed by atoms with Crippen molar-refractivity contribution in [1.82, 2.24) is 0 Å². The van der Waals surface area contributed by atoms with Gasteiger partial charge in [0.2, 0.25) is 0 Å². The van der Waals surface area contributed by atoms with E-state index in [1.54, 1.807) is 6.07 Å². The van der Waals surface area contributed by atoms with Crippen LogP contribution in [0.5, 0.6) is 0 Å². The van der Waals surface area contributed by atoms with Crippen molar-refractivity contribution in [3.63, 3.8) is 0 Å². The second kappa shape index (κ2) is 6.85. The molecule has 0 bridgehead atoms. The highest BCUT2D eigenvalue weighted by atomic mass is 32.2. The minimum absolute atomic E-state index is 0.136. The molecule has 0 saturated carbocycles. The highest BCUT2D eigenvalue weighted by molar-refractivity contribution is 7.99. The molecule has 0 unspecified atom stereocenters. The maximum atomic E-state index is 11.9. The zero-order valence-corrected chi connectivity index (χ0v) is 13.1. The molecule has 1 rings (SSSR count). The van der Waals surface area contributed by atoms with E-state index in [-0.39, 0.29) is 12.1 Å². The molecule has 0 radical (unpaired) electrons. The van der Waals surface area contributed by atoms with E-state index in [0.717, 1.165) is 11.3 Å². The third-order valence-corrected chi connectivity index (χ3v) is 3.91. The van der Waals surface area contributed by atoms with Crippen LogP contribution in [0.1, 0.15) is 49.2 Å². The Morgan fingerprint density at radius 3 is 2.47 bits per heavy atom. The number of nitrogen functional groups attached to an aromatic ring is 1. The number of rotatable bonds is 5. The molecule has 1 aromatic rings. The van der Waals surface area contributed by atoms with E-state index >= 15 is 0 Å². The fraction of sp³-hybridized carbons (Fsp3) is 0.533. The first-order valence-corrected chi connectivity index (χ1v) is 7.58. The topological polar surface area (TPSA) is 52.3 Å². The van der Waals surface area contributed by atoms with Crippen LogP contribution in [-0.4, -0.2) is 17.3 Å². The van der Waals surface area contributed by atoms with Crippen LogP contribution in [0, 0.1) is 6.92 Å². The van der Waals surface area contributed by atoms with Crippen LogP contribution in [0.3, 0.4) is 0 Å². The summed E-state index contributed by atoms with van der Waals surface area (Å²) < 4.78 is 5.19. The molecule has 0 aliphatic heterocycles. The number of nitrogens with two attached hydrogens (primary N) is 1. The largest absolute Gasteiger partial charge is 0.459 e. The lowest BCUT2D eigenvalue weighted by atomic mass is 10.0. The fourth-order valence-corrected chi connectivity index (χ4v) is 2.47. The summed E-state index contributed by atoms with van der Waals surface area (Å²) in [5, 5.41) is 0.575. The SMILES string of the molecule is Cc1c(CSC(C)C)ccc(C(=O)OC(C)C)c1N. The Morgan fingerprint density at radius 1 is 1.32 bits per heavy atom. The molecule has 19 heavy (non-hydrogen) atoms. The molecule has 0 atom stereocenters. The molecule has 3 nitrogen and oxygen atoms in total. The number of ether oxygens (including phenoxy) is 1. The molecule has 0 aromatic heterocycles. The Kier molecular flexibility index (Phi) is 5.73. The summed E-state index contributed by atoms with van der Waals surface area (Å²) in [4.78, 5) is 11.9. The zero-order valence-electron chi connectivity index (χ0n) is 12.3. The molecule has 0 saturated heterocycles. The average Bonchev–Trinajstić information content (AvgIpc) is 2.29. The van der Waals surface area contributed by atoms with Crippen LogP contribution >= 0.6 is 11.8 Å². The molecule has 2 N–H and O–H groups in total. The minimum atomic E-state index is -0.348. The number of hydrogen-bond donors (Lipinski definition) is 1. The molecule has 0 fully saturated rings. The lowest BCUT2D eigenvalue weighted by Crippen LogP contribution is -2.14. The first kappa shape index (κ1) is 15.9. The third kappa shape index (κ3) is 4.46. The Hall–Kier alpha value is -1.16. The van der Waals surface area contributed by atoms with Crippen LogP contribution in [0.25, 0.3) is 0 Å². The number of hydrogen-bond acceptors (Lipinski definition) is 4. The summed E-state index contributed by atoms with van der Waals surface area (Å²) in [6, 6.07) is 3.74. The van der Waals surface area contributed by atoms with Crippen molar-refractivity contribution in [2.45, 2.75) is 51.7 Å². The quantitative estimate of drug-likeness (QED) is 0.659. The predicted molar refractivity (Wildman–Crippen MR) is 82.6 cm³/mol. The summed E-state index contributed by atoms with van der Waals surface area (Å²) in [6.45, 7) is 9.94. The Bertz CT molecular complexity index is 456. The molecule has 0 aliphatic rings. The van der Waals surface area contributed by atoms with Gasteiger partial charge in [-0.25, -0.2) is 4.79 Å². The van der Waals surface area contributed by atoms with Gasteiger partial charge in [0, 0.05) is 11.4 Å². The van der Waals surface area contributed by atoms with Gasteiger partial charge in [0.25, 0.3) is 0 Å². The molecule has 4 heteroatoms. The van der Waals surface area contributed by atoms with E-state index < -0.39 is 0 Å². The van der Waals surface area contributed by atoms with Crippen molar-refractivity contribution in [1.29, 1.82) is 0 Å². The van der Waals surface area contributed by atoms with E-state index in [1.807, 2.05) is 38.6 Å². The molecule has 0 spiro atoms. The molecular formula is C15H23NO2S. The summed E-state index contributed by atoms with van der Waals surface area (Å²) in [5.74, 6) is 0.561. The van der Waals surface area contributed by atoms with Gasteiger partial charge < -0.3 is 10.5 Å². The second-order valence-electron chi connectivity index (χ2n) is 5.12. The number of anilines is 1. The summed E-state index contributed by atoms with van der Waals surface area (Å²) >= 11 is 1.86. The van der Waals surface area contributed by atoms with Crippen LogP contribution in [0.2, 0.25) is 0 Å². The van der Waals surface area contributed by atoms with Gasteiger partial charge in [-0.15, -0.1) is 0 Å². The van der Waals surface area contributed by atoms with Gasteiger partial charge in [0.05, 0.1) is 11.7 Å².